The summed E-state index contributed by atoms with van der Waals surface area (Å²) in [6, 6.07) is 11.8. The lowest BCUT2D eigenvalue weighted by Gasteiger charge is -2.17. The third-order valence-corrected chi connectivity index (χ3v) is 6.42. The van der Waals surface area contributed by atoms with E-state index in [1.165, 1.54) is 11.3 Å². The summed E-state index contributed by atoms with van der Waals surface area (Å²) in [6.45, 7) is 8.63. The molecule has 1 aliphatic heterocycles. The lowest BCUT2D eigenvalue weighted by molar-refractivity contribution is -0.117. The van der Waals surface area contributed by atoms with Gasteiger partial charge in [-0.05, 0) is 74.2 Å². The lowest BCUT2D eigenvalue weighted by Crippen LogP contribution is -2.24. The summed E-state index contributed by atoms with van der Waals surface area (Å²) in [5.74, 6) is -0.149. The lowest BCUT2D eigenvalue weighted by atomic mass is 10.1. The molecule has 1 atom stereocenters. The van der Waals surface area contributed by atoms with Crippen molar-refractivity contribution >= 4 is 34.0 Å². The first-order chi connectivity index (χ1) is 14.3. The second kappa shape index (κ2) is 7.99. The summed E-state index contributed by atoms with van der Waals surface area (Å²) in [5, 5.41) is 12.4. The number of hydrogen-bond acceptors (Lipinski definition) is 5. The van der Waals surface area contributed by atoms with Crippen molar-refractivity contribution in [2.24, 2.45) is 0 Å². The van der Waals surface area contributed by atoms with Gasteiger partial charge in [-0.25, -0.2) is 0 Å². The molecule has 4 rings (SSSR count). The fourth-order valence-electron chi connectivity index (χ4n) is 3.73. The predicted molar refractivity (Wildman–Crippen MR) is 119 cm³/mol. The summed E-state index contributed by atoms with van der Waals surface area (Å²) in [6.07, 6.45) is 0.396. The number of aryl methyl sites for hydroxylation is 4. The molecule has 2 amide bonds. The Balaban J connectivity index is 1.47. The average Bonchev–Trinajstić information content (AvgIpc) is 3.29. The first-order valence-corrected chi connectivity index (χ1v) is 10.7. The Bertz CT molecular complexity index is 1120. The zero-order valence-electron chi connectivity index (χ0n) is 17.5. The van der Waals surface area contributed by atoms with E-state index in [4.69, 9.17) is 0 Å². The molecule has 2 aromatic carbocycles. The van der Waals surface area contributed by atoms with Gasteiger partial charge < -0.3 is 4.90 Å². The van der Waals surface area contributed by atoms with Gasteiger partial charge in [0.2, 0.25) is 11.0 Å². The van der Waals surface area contributed by atoms with Gasteiger partial charge in [0.1, 0.15) is 5.01 Å². The number of nitrogens with one attached hydrogen (secondary N) is 1. The number of anilines is 2. The number of nitrogens with zero attached hydrogens (tertiary/aromatic N) is 3. The van der Waals surface area contributed by atoms with Crippen LogP contribution in [-0.2, 0) is 4.79 Å². The Morgan fingerprint density at radius 2 is 1.77 bits per heavy atom. The van der Waals surface area contributed by atoms with Crippen LogP contribution in [0.3, 0.4) is 0 Å². The first kappa shape index (κ1) is 20.2. The molecule has 1 aromatic heterocycles. The second-order valence-electron chi connectivity index (χ2n) is 7.95. The fraction of sp³-hybridized carbons (Fsp3) is 0.304. The van der Waals surface area contributed by atoms with Crippen LogP contribution in [-0.4, -0.2) is 28.6 Å². The number of hydrogen-bond donors (Lipinski definition) is 1. The first-order valence-electron chi connectivity index (χ1n) is 9.91. The van der Waals surface area contributed by atoms with E-state index in [-0.39, 0.29) is 17.7 Å². The molecule has 0 spiro atoms. The van der Waals surface area contributed by atoms with Gasteiger partial charge in [0.15, 0.2) is 0 Å². The summed E-state index contributed by atoms with van der Waals surface area (Å²) in [5.41, 5.74) is 5.99. The van der Waals surface area contributed by atoms with Crippen LogP contribution in [0.2, 0.25) is 0 Å². The molecule has 0 radical (unpaired) electrons. The van der Waals surface area contributed by atoms with Gasteiger partial charge in [-0.3, -0.25) is 14.9 Å². The van der Waals surface area contributed by atoms with E-state index in [9.17, 15) is 9.59 Å². The van der Waals surface area contributed by atoms with Gasteiger partial charge >= 0.3 is 0 Å². The normalized spacial score (nSPS) is 16.2. The van der Waals surface area contributed by atoms with Crippen LogP contribution >= 0.6 is 11.3 Å². The van der Waals surface area contributed by atoms with Gasteiger partial charge in [0, 0.05) is 30.1 Å². The zero-order valence-corrected chi connectivity index (χ0v) is 18.3. The summed E-state index contributed by atoms with van der Waals surface area (Å²) >= 11 is 1.33. The van der Waals surface area contributed by atoms with Crippen LogP contribution < -0.4 is 10.2 Å². The maximum absolute atomic E-state index is 12.6. The van der Waals surface area contributed by atoms with Crippen molar-refractivity contribution in [3.05, 3.63) is 69.2 Å². The van der Waals surface area contributed by atoms with E-state index in [0.29, 0.717) is 23.7 Å². The summed E-state index contributed by atoms with van der Waals surface area (Å²) in [7, 11) is 0. The van der Waals surface area contributed by atoms with Gasteiger partial charge in [-0.1, -0.05) is 23.5 Å². The number of rotatable bonds is 4. The second-order valence-corrected chi connectivity index (χ2v) is 8.96. The third kappa shape index (κ3) is 4.11. The third-order valence-electron chi connectivity index (χ3n) is 5.42. The summed E-state index contributed by atoms with van der Waals surface area (Å²) < 4.78 is 0. The van der Waals surface area contributed by atoms with E-state index in [1.54, 1.807) is 6.07 Å². The Morgan fingerprint density at radius 1 is 1.03 bits per heavy atom. The van der Waals surface area contributed by atoms with Crippen molar-refractivity contribution in [1.29, 1.82) is 0 Å². The monoisotopic (exact) mass is 420 g/mol. The highest BCUT2D eigenvalue weighted by Gasteiger charge is 2.34. The van der Waals surface area contributed by atoms with Crippen molar-refractivity contribution in [1.82, 2.24) is 10.2 Å². The molecule has 0 aliphatic carbocycles. The van der Waals surface area contributed by atoms with Crippen LogP contribution in [0.15, 0.2) is 36.4 Å². The number of carbonyl (C=O) groups excluding carboxylic acids is 2. The molecular formula is C23H24N4O2S. The minimum atomic E-state index is -0.208. The van der Waals surface area contributed by atoms with Crippen LogP contribution in [0.25, 0.3) is 0 Å². The van der Waals surface area contributed by atoms with Gasteiger partial charge in [-0.15, -0.1) is 10.2 Å². The van der Waals surface area contributed by atoms with E-state index >= 15 is 0 Å². The van der Waals surface area contributed by atoms with E-state index < -0.39 is 0 Å². The van der Waals surface area contributed by atoms with Crippen molar-refractivity contribution in [2.45, 2.75) is 40.0 Å². The van der Waals surface area contributed by atoms with E-state index in [1.807, 2.05) is 56.9 Å². The van der Waals surface area contributed by atoms with Crippen molar-refractivity contribution in [3.8, 4) is 0 Å². The van der Waals surface area contributed by atoms with Gasteiger partial charge in [0.05, 0.1) is 0 Å². The Morgan fingerprint density at radius 3 is 2.47 bits per heavy atom. The van der Waals surface area contributed by atoms with Crippen molar-refractivity contribution in [2.75, 3.05) is 16.8 Å². The maximum Gasteiger partial charge on any atom is 0.257 e. The molecule has 1 fully saturated rings. The molecule has 1 saturated heterocycles. The Kier molecular flexibility index (Phi) is 5.39. The quantitative estimate of drug-likeness (QED) is 0.672. The minimum absolute atomic E-state index is 0.0249. The largest absolute Gasteiger partial charge is 0.312 e. The molecule has 3 aromatic rings. The smallest absolute Gasteiger partial charge is 0.257 e. The highest BCUT2D eigenvalue weighted by atomic mass is 32.1. The SMILES string of the molecule is Cc1cc(C)cc(N2CC(c3nnc(NC(=O)c4ccc(C)c(C)c4)s3)CC2=O)c1. The molecule has 1 N–H and O–H groups in total. The molecule has 6 nitrogen and oxygen atoms in total. The van der Waals surface area contributed by atoms with Crippen molar-refractivity contribution in [3.63, 3.8) is 0 Å². The van der Waals surface area contributed by atoms with Crippen LogP contribution in [0.5, 0.6) is 0 Å². The molecule has 1 unspecified atom stereocenters. The van der Waals surface area contributed by atoms with Gasteiger partial charge in [-0.2, -0.15) is 0 Å². The highest BCUT2D eigenvalue weighted by Crippen LogP contribution is 2.35. The molecule has 1 aliphatic rings. The number of amides is 2. The molecular weight excluding hydrogens is 396 g/mol. The topological polar surface area (TPSA) is 75.2 Å². The molecule has 2 heterocycles. The van der Waals surface area contributed by atoms with Crippen LogP contribution in [0, 0.1) is 27.7 Å². The fourth-order valence-corrected chi connectivity index (χ4v) is 4.56. The maximum atomic E-state index is 12.6. The number of carbonyl (C=O) groups is 2. The number of aromatic nitrogens is 2. The van der Waals surface area contributed by atoms with Crippen LogP contribution in [0.1, 0.15) is 50.0 Å². The van der Waals surface area contributed by atoms with E-state index in [0.717, 1.165) is 32.9 Å². The van der Waals surface area contributed by atoms with Crippen molar-refractivity contribution < 1.29 is 9.59 Å². The summed E-state index contributed by atoms with van der Waals surface area (Å²) in [4.78, 5) is 27.0. The minimum Gasteiger partial charge on any atom is -0.312 e. The van der Waals surface area contributed by atoms with E-state index in [2.05, 4.69) is 21.6 Å². The average molecular weight is 421 g/mol. The molecule has 0 bridgehead atoms. The Labute approximate surface area is 180 Å². The Hall–Kier alpha value is -3.06. The molecule has 154 valence electrons. The van der Waals surface area contributed by atoms with Gasteiger partial charge in [0.25, 0.3) is 5.91 Å². The number of benzene rings is 2. The molecule has 0 saturated carbocycles. The molecule has 30 heavy (non-hydrogen) atoms. The van der Waals surface area contributed by atoms with Crippen LogP contribution in [0.4, 0.5) is 10.8 Å². The predicted octanol–water partition coefficient (Wildman–Crippen LogP) is 4.54. The molecule has 7 heteroatoms. The zero-order chi connectivity index (χ0) is 21.4. The highest BCUT2D eigenvalue weighted by molar-refractivity contribution is 7.15. The standard InChI is InChI=1S/C23H24N4O2S/c1-13-7-14(2)9-19(8-13)27-12-18(11-20(27)28)22-25-26-23(30-22)24-21(29)17-6-5-15(3)16(4)10-17/h5-10,18H,11-12H2,1-4H3,(H,24,26,29).